The van der Waals surface area contributed by atoms with Gasteiger partial charge in [0.25, 0.3) is 5.91 Å². The van der Waals surface area contributed by atoms with Gasteiger partial charge in [-0.05, 0) is 89.6 Å². The Bertz CT molecular complexity index is 1550. The maximum Gasteiger partial charge on any atom is 0.271 e. The predicted octanol–water partition coefficient (Wildman–Crippen LogP) is 2.45. The van der Waals surface area contributed by atoms with Crippen molar-refractivity contribution in [3.05, 3.63) is 82.7 Å². The summed E-state index contributed by atoms with van der Waals surface area (Å²) in [6.45, 7) is 0.936. The van der Waals surface area contributed by atoms with Crippen LogP contribution in [0.3, 0.4) is 0 Å². The number of rotatable bonds is 6. The summed E-state index contributed by atoms with van der Waals surface area (Å²) in [5.74, 6) is 2.27. The smallest absolute Gasteiger partial charge is 0.271 e. The highest BCUT2D eigenvalue weighted by molar-refractivity contribution is 5.95. The van der Waals surface area contributed by atoms with Crippen molar-refractivity contribution in [2.45, 2.75) is 12.5 Å². The Labute approximate surface area is 223 Å². The number of benzene rings is 3. The number of phenols is 1. The van der Waals surface area contributed by atoms with Crippen LogP contribution in [0.1, 0.15) is 38.9 Å². The van der Waals surface area contributed by atoms with E-state index >= 15 is 0 Å². The standard InChI is InChI=1S/C27H25N7O5/c1-33-12-11-18-13-21-24(39-15-38-21)25(37-2)22(18)23(33)26-29-31-32-34(26)19-7-5-17(6-8-19)27(36)30-28-14-16-3-9-20(35)10-4-16/h3-10,13-14,23,35H,11-12,15H2,1-2H3,(H,30,36)/b28-14-/t23-/m1/s1. The number of amides is 1. The highest BCUT2D eigenvalue weighted by Crippen LogP contribution is 2.50. The molecule has 0 fully saturated rings. The zero-order valence-electron chi connectivity index (χ0n) is 21.2. The fraction of sp³-hybridized carbons (Fsp3) is 0.222. The van der Waals surface area contributed by atoms with Crippen molar-refractivity contribution in [2.75, 3.05) is 27.5 Å². The van der Waals surface area contributed by atoms with Gasteiger partial charge in [-0.3, -0.25) is 9.69 Å². The molecule has 3 aromatic carbocycles. The normalized spacial score (nSPS) is 16.3. The van der Waals surface area contributed by atoms with Crippen molar-refractivity contribution in [1.82, 2.24) is 30.5 Å². The molecule has 2 N–H and O–H groups in total. The molecule has 1 aromatic heterocycles. The lowest BCUT2D eigenvalue weighted by Crippen LogP contribution is -2.35. The second-order valence-corrected chi connectivity index (χ2v) is 9.14. The third-order valence-electron chi connectivity index (χ3n) is 6.78. The minimum Gasteiger partial charge on any atom is -0.508 e. The molecule has 1 atom stereocenters. The number of likely N-dealkylation sites (N-methyl/N-ethyl adjacent to an activating group) is 1. The van der Waals surface area contributed by atoms with E-state index in [2.05, 4.69) is 31.0 Å². The van der Waals surface area contributed by atoms with Gasteiger partial charge in [-0.25, -0.2) is 5.43 Å². The monoisotopic (exact) mass is 527 g/mol. The maximum absolute atomic E-state index is 12.6. The molecule has 0 aliphatic carbocycles. The summed E-state index contributed by atoms with van der Waals surface area (Å²) in [5.41, 5.74) is 6.39. The second-order valence-electron chi connectivity index (χ2n) is 9.14. The Kier molecular flexibility index (Phi) is 6.29. The maximum atomic E-state index is 12.6. The van der Waals surface area contributed by atoms with Gasteiger partial charge in [0, 0.05) is 17.7 Å². The highest BCUT2D eigenvalue weighted by Gasteiger charge is 2.37. The lowest BCUT2D eigenvalue weighted by Gasteiger charge is -2.34. The first-order chi connectivity index (χ1) is 19.0. The van der Waals surface area contributed by atoms with E-state index in [1.165, 1.54) is 6.21 Å². The van der Waals surface area contributed by atoms with Crippen LogP contribution < -0.4 is 19.6 Å². The zero-order chi connectivity index (χ0) is 26.9. The second kappa shape index (κ2) is 10.1. The van der Waals surface area contributed by atoms with E-state index in [9.17, 15) is 9.90 Å². The molecular formula is C27H25N7O5. The summed E-state index contributed by atoms with van der Waals surface area (Å²) in [5, 5.41) is 26.0. The van der Waals surface area contributed by atoms with Gasteiger partial charge >= 0.3 is 0 Å². The number of tetrazole rings is 1. The lowest BCUT2D eigenvalue weighted by atomic mass is 9.90. The number of carbonyl (C=O) groups excluding carboxylic acids is 1. The van der Waals surface area contributed by atoms with E-state index < -0.39 is 0 Å². The number of methoxy groups -OCH3 is 1. The zero-order valence-corrected chi connectivity index (χ0v) is 21.2. The number of hydrogen-bond acceptors (Lipinski definition) is 10. The summed E-state index contributed by atoms with van der Waals surface area (Å²) >= 11 is 0. The molecule has 2 aliphatic rings. The fourth-order valence-corrected chi connectivity index (χ4v) is 4.85. The van der Waals surface area contributed by atoms with Crippen LogP contribution in [-0.4, -0.2) is 69.8 Å². The van der Waals surface area contributed by atoms with Gasteiger partial charge in [-0.2, -0.15) is 9.78 Å². The summed E-state index contributed by atoms with van der Waals surface area (Å²) in [6.07, 6.45) is 2.31. The van der Waals surface area contributed by atoms with E-state index in [0.717, 1.165) is 29.7 Å². The van der Waals surface area contributed by atoms with E-state index in [1.807, 2.05) is 13.1 Å². The van der Waals surface area contributed by atoms with Gasteiger partial charge in [0.2, 0.25) is 12.5 Å². The van der Waals surface area contributed by atoms with Crippen LogP contribution in [0.15, 0.2) is 59.7 Å². The van der Waals surface area contributed by atoms with Gasteiger partial charge in [-0.15, -0.1) is 5.10 Å². The molecule has 0 radical (unpaired) electrons. The van der Waals surface area contributed by atoms with Crippen LogP contribution in [0.5, 0.6) is 23.0 Å². The number of nitrogens with one attached hydrogen (secondary N) is 1. The molecule has 12 nitrogen and oxygen atoms in total. The molecule has 1 amide bonds. The number of phenolic OH excluding ortho intramolecular Hbond substituents is 1. The number of carbonyl (C=O) groups is 1. The van der Waals surface area contributed by atoms with Gasteiger partial charge in [0.15, 0.2) is 17.3 Å². The summed E-state index contributed by atoms with van der Waals surface area (Å²) in [6, 6.07) is 15.1. The third kappa shape index (κ3) is 4.50. The molecule has 2 aliphatic heterocycles. The van der Waals surface area contributed by atoms with Crippen molar-refractivity contribution >= 4 is 12.1 Å². The van der Waals surface area contributed by atoms with Crippen LogP contribution in [-0.2, 0) is 6.42 Å². The molecule has 6 rings (SSSR count). The largest absolute Gasteiger partial charge is 0.508 e. The Hall–Kier alpha value is -4.97. The van der Waals surface area contributed by atoms with Crippen LogP contribution in [0, 0.1) is 0 Å². The van der Waals surface area contributed by atoms with Crippen LogP contribution >= 0.6 is 0 Å². The number of nitrogens with zero attached hydrogens (tertiary/aromatic N) is 6. The molecule has 0 spiro atoms. The summed E-state index contributed by atoms with van der Waals surface area (Å²) in [4.78, 5) is 14.8. The Morgan fingerprint density at radius 1 is 1.18 bits per heavy atom. The molecule has 0 saturated heterocycles. The Morgan fingerprint density at radius 3 is 2.74 bits per heavy atom. The number of aromatic hydroxyl groups is 1. The minimum atomic E-state index is -0.365. The molecule has 0 unspecified atom stereocenters. The quantitative estimate of drug-likeness (QED) is 0.286. The van der Waals surface area contributed by atoms with E-state index in [-0.39, 0.29) is 24.5 Å². The van der Waals surface area contributed by atoms with Gasteiger partial charge in [-0.1, -0.05) is 0 Å². The molecule has 39 heavy (non-hydrogen) atoms. The number of ether oxygens (including phenoxy) is 3. The van der Waals surface area contributed by atoms with Crippen molar-refractivity contribution in [3.63, 3.8) is 0 Å². The van der Waals surface area contributed by atoms with Crippen molar-refractivity contribution in [2.24, 2.45) is 5.10 Å². The molecular weight excluding hydrogens is 502 g/mol. The molecule has 198 valence electrons. The first-order valence-corrected chi connectivity index (χ1v) is 12.2. The SMILES string of the molecule is COc1c2c(cc3c1[C@H](c1nnnn1-c1ccc(C(=O)N/N=C\c4ccc(O)cc4)cc1)N(C)CC3)OCO2. The number of fused-ring (bicyclic) bond motifs is 2. The molecule has 3 heterocycles. The van der Waals surface area contributed by atoms with Crippen LogP contribution in [0.4, 0.5) is 0 Å². The summed E-state index contributed by atoms with van der Waals surface area (Å²) in [7, 11) is 3.63. The van der Waals surface area contributed by atoms with E-state index in [1.54, 1.807) is 60.3 Å². The first-order valence-electron chi connectivity index (χ1n) is 12.2. The molecule has 0 saturated carbocycles. The topological polar surface area (TPSA) is 136 Å². The first kappa shape index (κ1) is 24.4. The highest BCUT2D eigenvalue weighted by atomic mass is 16.7. The van der Waals surface area contributed by atoms with Gasteiger partial charge in [0.05, 0.1) is 19.0 Å². The predicted molar refractivity (Wildman–Crippen MR) is 140 cm³/mol. The average Bonchev–Trinajstić information content (AvgIpc) is 3.63. The van der Waals surface area contributed by atoms with Crippen LogP contribution in [0.25, 0.3) is 5.69 Å². The molecule has 12 heteroatoms. The van der Waals surface area contributed by atoms with Crippen molar-refractivity contribution in [3.8, 4) is 28.7 Å². The third-order valence-corrected chi connectivity index (χ3v) is 6.78. The minimum absolute atomic E-state index is 0.148. The van der Waals surface area contributed by atoms with Crippen LogP contribution in [0.2, 0.25) is 0 Å². The van der Waals surface area contributed by atoms with E-state index in [4.69, 9.17) is 14.2 Å². The van der Waals surface area contributed by atoms with Gasteiger partial charge in [0.1, 0.15) is 11.8 Å². The molecule has 4 aromatic rings. The van der Waals surface area contributed by atoms with Crippen molar-refractivity contribution in [1.29, 1.82) is 0 Å². The number of hydrogen-bond donors (Lipinski definition) is 2. The lowest BCUT2D eigenvalue weighted by molar-refractivity contribution is 0.0955. The number of aromatic nitrogens is 4. The van der Waals surface area contributed by atoms with Gasteiger partial charge < -0.3 is 19.3 Å². The number of hydrazone groups is 1. The Morgan fingerprint density at radius 2 is 1.97 bits per heavy atom. The van der Waals surface area contributed by atoms with Crippen molar-refractivity contribution < 1.29 is 24.1 Å². The Balaban J connectivity index is 1.26. The summed E-state index contributed by atoms with van der Waals surface area (Å²) < 4.78 is 18.8. The average molecular weight is 528 g/mol. The fourth-order valence-electron chi connectivity index (χ4n) is 4.85. The molecule has 0 bridgehead atoms. The van der Waals surface area contributed by atoms with E-state index in [0.29, 0.717) is 34.3 Å².